The number of rotatable bonds is 5. The fraction of sp³-hybridized carbons (Fsp3) is 0.727. The number of methoxy groups -OCH3 is 1. The van der Waals surface area contributed by atoms with Gasteiger partial charge in [-0.05, 0) is 20.8 Å². The van der Waals surface area contributed by atoms with E-state index in [1.165, 1.54) is 0 Å². The zero-order valence-electron chi connectivity index (χ0n) is 11.0. The molecule has 17 heavy (non-hydrogen) atoms. The molecule has 1 N–H and O–H groups in total. The first-order valence-corrected chi connectivity index (χ1v) is 5.07. The lowest BCUT2D eigenvalue weighted by Gasteiger charge is -2.20. The number of carbonyl (C=O) groups is 3. The van der Waals surface area contributed by atoms with E-state index >= 15 is 0 Å². The first-order chi connectivity index (χ1) is 7.80. The van der Waals surface area contributed by atoms with Gasteiger partial charge in [0.05, 0.1) is 12.5 Å². The average Bonchev–Trinajstić information content (AvgIpc) is 2.15. The highest BCUT2D eigenvalue weighted by Crippen LogP contribution is 2.08. The Labute approximate surface area is 102 Å². The van der Waals surface area contributed by atoms with Crippen molar-refractivity contribution < 1.29 is 23.9 Å². The summed E-state index contributed by atoms with van der Waals surface area (Å²) in [7, 11) is 3.25. The van der Waals surface area contributed by atoms with Crippen molar-refractivity contribution in [2.24, 2.45) is 0 Å². The first-order valence-electron chi connectivity index (χ1n) is 5.07. The van der Waals surface area contributed by atoms with Crippen molar-refractivity contribution in [1.29, 1.82) is 0 Å². The molecule has 0 aliphatic rings. The van der Waals surface area contributed by atoms with Gasteiger partial charge in [-0.3, -0.25) is 9.59 Å². The molecule has 1 amide bonds. The highest BCUT2D eigenvalue weighted by atomic mass is 16.6. The van der Waals surface area contributed by atoms with Crippen LogP contribution in [-0.4, -0.2) is 44.5 Å². The van der Waals surface area contributed by atoms with E-state index in [4.69, 9.17) is 4.74 Å². The molecule has 1 atom stereocenters. The molecule has 0 aromatic heterocycles. The Balaban J connectivity index is 0. The lowest BCUT2D eigenvalue weighted by molar-refractivity contribution is -0.155. The Morgan fingerprint density at radius 1 is 1.29 bits per heavy atom. The van der Waals surface area contributed by atoms with Crippen molar-refractivity contribution >= 4 is 18.7 Å². The maximum absolute atomic E-state index is 11.2. The SMILES string of the molecule is CC(C)(C)OC(=O)CC(C=O)NC=O.COC. The normalized spacial score (nSPS) is 11.6. The van der Waals surface area contributed by atoms with Gasteiger partial charge in [-0.2, -0.15) is 0 Å². The van der Waals surface area contributed by atoms with Crippen LogP contribution in [0.4, 0.5) is 0 Å². The maximum Gasteiger partial charge on any atom is 0.308 e. The zero-order chi connectivity index (χ0) is 13.9. The van der Waals surface area contributed by atoms with Crippen LogP contribution >= 0.6 is 0 Å². The molecular weight excluding hydrogens is 226 g/mol. The molecule has 0 aliphatic carbocycles. The number of ether oxygens (including phenoxy) is 2. The van der Waals surface area contributed by atoms with Gasteiger partial charge in [0.1, 0.15) is 11.9 Å². The molecule has 0 heterocycles. The van der Waals surface area contributed by atoms with Gasteiger partial charge in [-0.25, -0.2) is 0 Å². The lowest BCUT2D eigenvalue weighted by atomic mass is 10.2. The van der Waals surface area contributed by atoms with E-state index in [-0.39, 0.29) is 6.42 Å². The topological polar surface area (TPSA) is 81.7 Å². The van der Waals surface area contributed by atoms with Crippen LogP contribution in [0.25, 0.3) is 0 Å². The molecule has 0 fully saturated rings. The number of esters is 1. The van der Waals surface area contributed by atoms with E-state index in [0.717, 1.165) is 0 Å². The molecule has 0 saturated heterocycles. The maximum atomic E-state index is 11.2. The van der Waals surface area contributed by atoms with Crippen molar-refractivity contribution in [3.05, 3.63) is 0 Å². The number of hydrogen-bond donors (Lipinski definition) is 1. The van der Waals surface area contributed by atoms with Crippen molar-refractivity contribution in [2.75, 3.05) is 14.2 Å². The van der Waals surface area contributed by atoms with Crippen LogP contribution < -0.4 is 5.32 Å². The third kappa shape index (κ3) is 14.6. The molecule has 0 aromatic carbocycles. The predicted octanol–water partition coefficient (Wildman–Crippen LogP) is 0.294. The van der Waals surface area contributed by atoms with Crippen molar-refractivity contribution in [3.8, 4) is 0 Å². The first kappa shape index (κ1) is 17.9. The standard InChI is InChI=1S/C9H15NO4.C2H6O/c1-9(2,3)14-8(13)4-7(5-11)10-6-12;1-3-2/h5-7H,4H2,1-3H3,(H,10,12);1-2H3. The van der Waals surface area contributed by atoms with Crippen LogP contribution in [0, 0.1) is 0 Å². The quantitative estimate of drug-likeness (QED) is 0.558. The predicted molar refractivity (Wildman–Crippen MR) is 62.4 cm³/mol. The monoisotopic (exact) mass is 247 g/mol. The molecule has 6 heteroatoms. The summed E-state index contributed by atoms with van der Waals surface area (Å²) in [6.45, 7) is 5.19. The third-order valence-electron chi connectivity index (χ3n) is 1.25. The highest BCUT2D eigenvalue weighted by Gasteiger charge is 2.19. The molecule has 0 saturated carbocycles. The smallest absolute Gasteiger partial charge is 0.308 e. The van der Waals surface area contributed by atoms with Gasteiger partial charge >= 0.3 is 5.97 Å². The Morgan fingerprint density at radius 3 is 2.06 bits per heavy atom. The summed E-state index contributed by atoms with van der Waals surface area (Å²) in [5.74, 6) is -0.510. The fourth-order valence-corrected chi connectivity index (χ4v) is 0.796. The van der Waals surface area contributed by atoms with Crippen LogP contribution in [0.1, 0.15) is 27.2 Å². The Kier molecular flexibility index (Phi) is 10.3. The van der Waals surface area contributed by atoms with Gasteiger partial charge < -0.3 is 19.6 Å². The van der Waals surface area contributed by atoms with E-state index in [9.17, 15) is 14.4 Å². The number of amides is 1. The van der Waals surface area contributed by atoms with Crippen LogP contribution in [0.5, 0.6) is 0 Å². The van der Waals surface area contributed by atoms with Crippen LogP contribution in [0.15, 0.2) is 0 Å². The minimum absolute atomic E-state index is 0.139. The van der Waals surface area contributed by atoms with E-state index in [0.29, 0.717) is 12.7 Å². The van der Waals surface area contributed by atoms with Gasteiger partial charge in [0, 0.05) is 14.2 Å². The van der Waals surface area contributed by atoms with Crippen molar-refractivity contribution in [3.63, 3.8) is 0 Å². The van der Waals surface area contributed by atoms with Gasteiger partial charge in [0.2, 0.25) is 6.41 Å². The number of aldehydes is 1. The van der Waals surface area contributed by atoms with E-state index in [2.05, 4.69) is 10.1 Å². The molecule has 1 unspecified atom stereocenters. The molecule has 100 valence electrons. The minimum Gasteiger partial charge on any atom is -0.460 e. The van der Waals surface area contributed by atoms with Crippen LogP contribution in [-0.2, 0) is 23.9 Å². The minimum atomic E-state index is -0.803. The molecule has 0 spiro atoms. The van der Waals surface area contributed by atoms with E-state index in [1.54, 1.807) is 35.0 Å². The third-order valence-corrected chi connectivity index (χ3v) is 1.25. The van der Waals surface area contributed by atoms with E-state index in [1.807, 2.05) is 0 Å². The van der Waals surface area contributed by atoms with E-state index < -0.39 is 17.6 Å². The second kappa shape index (κ2) is 9.77. The summed E-state index contributed by atoms with van der Waals surface area (Å²) in [6, 6.07) is -0.803. The number of nitrogens with one attached hydrogen (secondary N) is 1. The zero-order valence-corrected chi connectivity index (χ0v) is 11.0. The molecule has 0 aromatic rings. The summed E-state index contributed by atoms with van der Waals surface area (Å²) < 4.78 is 9.21. The number of carbonyl (C=O) groups excluding carboxylic acids is 3. The van der Waals surface area contributed by atoms with Gasteiger partial charge in [0.25, 0.3) is 0 Å². The molecular formula is C11H21NO5. The molecule has 0 bridgehead atoms. The summed E-state index contributed by atoms with van der Waals surface area (Å²) in [4.78, 5) is 31.6. The Hall–Kier alpha value is -1.43. The largest absolute Gasteiger partial charge is 0.460 e. The second-order valence-corrected chi connectivity index (χ2v) is 4.23. The fourth-order valence-electron chi connectivity index (χ4n) is 0.796. The lowest BCUT2D eigenvalue weighted by Crippen LogP contribution is -2.34. The second-order valence-electron chi connectivity index (χ2n) is 4.23. The number of hydrogen-bond acceptors (Lipinski definition) is 5. The highest BCUT2D eigenvalue weighted by molar-refractivity contribution is 5.77. The molecule has 0 radical (unpaired) electrons. The molecule has 0 aliphatic heterocycles. The van der Waals surface area contributed by atoms with Crippen LogP contribution in [0.3, 0.4) is 0 Å². The summed E-state index contributed by atoms with van der Waals surface area (Å²) in [6.07, 6.45) is 0.737. The van der Waals surface area contributed by atoms with Crippen molar-refractivity contribution in [2.45, 2.75) is 38.8 Å². The van der Waals surface area contributed by atoms with Crippen LogP contribution in [0.2, 0.25) is 0 Å². The van der Waals surface area contributed by atoms with Gasteiger partial charge in [-0.1, -0.05) is 0 Å². The Morgan fingerprint density at radius 2 is 1.76 bits per heavy atom. The van der Waals surface area contributed by atoms with Gasteiger partial charge in [-0.15, -0.1) is 0 Å². The van der Waals surface area contributed by atoms with Gasteiger partial charge in [0.15, 0.2) is 0 Å². The molecule has 6 nitrogen and oxygen atoms in total. The summed E-state index contributed by atoms with van der Waals surface area (Å²) in [5.41, 5.74) is -0.578. The van der Waals surface area contributed by atoms with Crippen molar-refractivity contribution in [1.82, 2.24) is 5.32 Å². The summed E-state index contributed by atoms with van der Waals surface area (Å²) >= 11 is 0. The molecule has 0 rings (SSSR count). The summed E-state index contributed by atoms with van der Waals surface area (Å²) in [5, 5.41) is 2.20. The average molecular weight is 247 g/mol. The Bertz CT molecular complexity index is 235.